The summed E-state index contributed by atoms with van der Waals surface area (Å²) in [6.07, 6.45) is 0.800. The Bertz CT molecular complexity index is 1260. The molecule has 0 atom stereocenters. The fourth-order valence-electron chi connectivity index (χ4n) is 4.46. The van der Waals surface area contributed by atoms with Gasteiger partial charge in [-0.25, -0.2) is 0 Å². The smallest absolute Gasteiger partial charge is 0.118 e. The summed E-state index contributed by atoms with van der Waals surface area (Å²) in [4.78, 5) is 0. The van der Waals surface area contributed by atoms with E-state index in [1.54, 1.807) is 0 Å². The van der Waals surface area contributed by atoms with Crippen LogP contribution in [0.15, 0.2) is 157 Å². The maximum absolute atomic E-state index is 5.02. The highest BCUT2D eigenvalue weighted by molar-refractivity contribution is 7.96. The van der Waals surface area contributed by atoms with Gasteiger partial charge in [0.15, 0.2) is 0 Å². The van der Waals surface area contributed by atoms with Gasteiger partial charge in [0.25, 0.3) is 0 Å². The predicted molar refractivity (Wildman–Crippen MR) is 153 cm³/mol. The molecule has 3 heteroatoms. The zero-order chi connectivity index (χ0) is 23.8. The van der Waals surface area contributed by atoms with Gasteiger partial charge >= 0.3 is 0 Å². The molecule has 0 spiro atoms. The predicted octanol–water partition coefficient (Wildman–Crippen LogP) is 6.50. The number of hydrogen-bond donors (Lipinski definition) is 1. The summed E-state index contributed by atoms with van der Waals surface area (Å²) < 4.78 is 0. The van der Waals surface area contributed by atoms with E-state index >= 15 is 0 Å². The summed E-state index contributed by atoms with van der Waals surface area (Å²) in [7, 11) is -2.07. The first kappa shape index (κ1) is 22.8. The van der Waals surface area contributed by atoms with Crippen molar-refractivity contribution in [2.24, 2.45) is 5.10 Å². The van der Waals surface area contributed by atoms with Crippen LogP contribution in [-0.4, -0.2) is 11.9 Å². The third-order valence-corrected chi connectivity index (χ3v) is 10.5. The second kappa shape index (κ2) is 11.0. The van der Waals surface area contributed by atoms with E-state index in [4.69, 9.17) is 5.10 Å². The SMILES string of the molecule is c1ccc(N/N=C(/C[P+](c2ccccc2)(c2ccccc2)c2ccccc2)c2ccccc2)cc1. The maximum atomic E-state index is 5.02. The van der Waals surface area contributed by atoms with Crippen LogP contribution in [0.3, 0.4) is 0 Å². The lowest BCUT2D eigenvalue weighted by atomic mass is 10.1. The highest BCUT2D eigenvalue weighted by Crippen LogP contribution is 2.55. The molecule has 0 amide bonds. The molecule has 170 valence electrons. The fraction of sp³-hybridized carbons (Fsp3) is 0.0312. The molecule has 0 aliphatic rings. The van der Waals surface area contributed by atoms with E-state index in [1.165, 1.54) is 15.9 Å². The summed E-state index contributed by atoms with van der Waals surface area (Å²) in [5.41, 5.74) is 6.47. The van der Waals surface area contributed by atoms with Gasteiger partial charge in [-0.05, 0) is 48.5 Å². The first-order chi connectivity index (χ1) is 17.4. The molecule has 2 nitrogen and oxygen atoms in total. The van der Waals surface area contributed by atoms with Gasteiger partial charge in [0.05, 0.1) is 5.69 Å². The summed E-state index contributed by atoms with van der Waals surface area (Å²) in [5, 5.41) is 9.06. The van der Waals surface area contributed by atoms with Gasteiger partial charge < -0.3 is 0 Å². The van der Waals surface area contributed by atoms with Gasteiger partial charge in [0.2, 0.25) is 0 Å². The molecule has 5 aromatic carbocycles. The van der Waals surface area contributed by atoms with E-state index in [2.05, 4.69) is 127 Å². The van der Waals surface area contributed by atoms with E-state index in [1.807, 2.05) is 30.3 Å². The molecule has 0 saturated carbocycles. The molecule has 0 unspecified atom stereocenters. The van der Waals surface area contributed by atoms with Crippen molar-refractivity contribution < 1.29 is 0 Å². The molecule has 0 bridgehead atoms. The van der Waals surface area contributed by atoms with Gasteiger partial charge in [-0.1, -0.05) is 103 Å². The number of hydrazone groups is 1. The first-order valence-corrected chi connectivity index (χ1v) is 13.8. The fourth-order valence-corrected chi connectivity index (χ4v) is 8.65. The number of hydrogen-bond acceptors (Lipinski definition) is 2. The van der Waals surface area contributed by atoms with E-state index in [9.17, 15) is 0 Å². The van der Waals surface area contributed by atoms with Crippen molar-refractivity contribution in [1.29, 1.82) is 0 Å². The van der Waals surface area contributed by atoms with Crippen LogP contribution in [0.1, 0.15) is 5.56 Å². The third-order valence-electron chi connectivity index (χ3n) is 6.18. The molecule has 35 heavy (non-hydrogen) atoms. The van der Waals surface area contributed by atoms with Crippen molar-refractivity contribution in [3.8, 4) is 0 Å². The van der Waals surface area contributed by atoms with Gasteiger partial charge in [-0.15, -0.1) is 0 Å². The van der Waals surface area contributed by atoms with Crippen molar-refractivity contribution in [2.45, 2.75) is 0 Å². The number of benzene rings is 5. The average Bonchev–Trinajstić information content (AvgIpc) is 2.96. The lowest BCUT2D eigenvalue weighted by Gasteiger charge is -2.28. The molecule has 0 saturated heterocycles. The van der Waals surface area contributed by atoms with Crippen molar-refractivity contribution in [3.63, 3.8) is 0 Å². The van der Waals surface area contributed by atoms with Crippen molar-refractivity contribution in [3.05, 3.63) is 157 Å². The van der Waals surface area contributed by atoms with Gasteiger partial charge in [-0.2, -0.15) is 5.10 Å². The number of anilines is 1. The number of nitrogens with one attached hydrogen (secondary N) is 1. The van der Waals surface area contributed by atoms with E-state index in [0.29, 0.717) is 0 Å². The normalized spacial score (nSPS) is 11.7. The van der Waals surface area contributed by atoms with Crippen molar-refractivity contribution >= 4 is 34.6 Å². The summed E-state index contributed by atoms with van der Waals surface area (Å²) in [6.45, 7) is 0. The Labute approximate surface area is 208 Å². The number of para-hydroxylation sites is 1. The highest BCUT2D eigenvalue weighted by atomic mass is 31.2. The molecule has 0 radical (unpaired) electrons. The number of nitrogens with zero attached hydrogens (tertiary/aromatic N) is 1. The van der Waals surface area contributed by atoms with Crippen LogP contribution in [-0.2, 0) is 0 Å². The van der Waals surface area contributed by atoms with Gasteiger partial charge in [0, 0.05) is 5.56 Å². The van der Waals surface area contributed by atoms with Crippen LogP contribution in [0.4, 0.5) is 5.69 Å². The first-order valence-electron chi connectivity index (χ1n) is 11.8. The quantitative estimate of drug-likeness (QED) is 0.156. The maximum Gasteiger partial charge on any atom is 0.118 e. The molecular weight excluding hydrogens is 443 g/mol. The standard InChI is InChI=1S/C32H28N2P/c1-6-16-27(17-7-1)32(34-33-28-18-8-2-9-19-28)26-35(29-20-10-3-11-21-29,30-22-12-4-13-23-30)31-24-14-5-15-25-31/h1-25,33H,26H2/q+1/b34-32-. The average molecular weight is 472 g/mol. The van der Waals surface area contributed by atoms with E-state index in [0.717, 1.165) is 23.1 Å². The Morgan fingerprint density at radius 1 is 0.486 bits per heavy atom. The summed E-state index contributed by atoms with van der Waals surface area (Å²) in [5.74, 6) is 0. The topological polar surface area (TPSA) is 24.4 Å². The minimum atomic E-state index is -2.07. The number of rotatable bonds is 8. The Kier molecular flexibility index (Phi) is 7.13. The zero-order valence-electron chi connectivity index (χ0n) is 19.5. The molecule has 0 aliphatic carbocycles. The Morgan fingerprint density at radius 2 is 0.857 bits per heavy atom. The second-order valence-electron chi connectivity index (χ2n) is 8.38. The molecule has 0 aliphatic heterocycles. The monoisotopic (exact) mass is 471 g/mol. The largest absolute Gasteiger partial charge is 0.278 e. The molecule has 5 rings (SSSR count). The van der Waals surface area contributed by atoms with Crippen molar-refractivity contribution in [1.82, 2.24) is 0 Å². The van der Waals surface area contributed by atoms with E-state index in [-0.39, 0.29) is 0 Å². The van der Waals surface area contributed by atoms with Crippen LogP contribution in [0.2, 0.25) is 0 Å². The Hall–Kier alpha value is -4.00. The van der Waals surface area contributed by atoms with Crippen LogP contribution >= 0.6 is 7.26 Å². The minimum Gasteiger partial charge on any atom is -0.278 e. The van der Waals surface area contributed by atoms with Crippen LogP contribution < -0.4 is 21.3 Å². The van der Waals surface area contributed by atoms with Gasteiger partial charge in [0.1, 0.15) is 35.0 Å². The summed E-state index contributed by atoms with van der Waals surface area (Å²) in [6, 6.07) is 53.5. The third kappa shape index (κ3) is 5.09. The lowest BCUT2D eigenvalue weighted by Crippen LogP contribution is -2.36. The summed E-state index contributed by atoms with van der Waals surface area (Å²) >= 11 is 0. The van der Waals surface area contributed by atoms with Crippen LogP contribution in [0.25, 0.3) is 0 Å². The van der Waals surface area contributed by atoms with Crippen LogP contribution in [0, 0.1) is 0 Å². The zero-order valence-corrected chi connectivity index (χ0v) is 20.4. The van der Waals surface area contributed by atoms with Gasteiger partial charge in [-0.3, -0.25) is 5.43 Å². The molecule has 0 aromatic heterocycles. The second-order valence-corrected chi connectivity index (χ2v) is 11.9. The van der Waals surface area contributed by atoms with Crippen LogP contribution in [0.5, 0.6) is 0 Å². The van der Waals surface area contributed by atoms with Crippen molar-refractivity contribution in [2.75, 3.05) is 11.6 Å². The molecule has 1 N–H and O–H groups in total. The Morgan fingerprint density at radius 3 is 1.29 bits per heavy atom. The molecule has 0 heterocycles. The highest BCUT2D eigenvalue weighted by Gasteiger charge is 2.46. The molecule has 0 fully saturated rings. The lowest BCUT2D eigenvalue weighted by molar-refractivity contribution is 1.32. The Balaban J connectivity index is 1.72. The molecular formula is C32H28N2P+. The van der Waals surface area contributed by atoms with E-state index < -0.39 is 7.26 Å². The molecule has 5 aromatic rings. The minimum absolute atomic E-state index is 0.800.